The van der Waals surface area contributed by atoms with E-state index in [1.54, 1.807) is 7.11 Å². The van der Waals surface area contributed by atoms with Crippen molar-refractivity contribution < 1.29 is 9.47 Å². The summed E-state index contributed by atoms with van der Waals surface area (Å²) in [5, 5.41) is 0. The molecule has 0 unspecified atom stereocenters. The highest BCUT2D eigenvalue weighted by Crippen LogP contribution is 2.36. The molecule has 0 aliphatic rings. The van der Waals surface area contributed by atoms with Crippen LogP contribution in [-0.4, -0.2) is 7.11 Å². The molecule has 0 bridgehead atoms. The van der Waals surface area contributed by atoms with Crippen LogP contribution in [0.5, 0.6) is 17.2 Å². The summed E-state index contributed by atoms with van der Waals surface area (Å²) in [7, 11) is 1.66. The van der Waals surface area contributed by atoms with Crippen LogP contribution < -0.4 is 9.47 Å². The van der Waals surface area contributed by atoms with E-state index in [-0.39, 0.29) is 0 Å². The molecule has 2 heteroatoms. The molecular weight excluding hydrogens is 236 g/mol. The van der Waals surface area contributed by atoms with Crippen molar-refractivity contribution in [3.63, 3.8) is 0 Å². The van der Waals surface area contributed by atoms with Gasteiger partial charge in [0.25, 0.3) is 0 Å². The van der Waals surface area contributed by atoms with Crippen molar-refractivity contribution in [1.82, 2.24) is 0 Å². The normalized spacial score (nSPS) is 10.7. The average Bonchev–Trinajstić information content (AvgIpc) is 2.42. The Kier molecular flexibility index (Phi) is 4.24. The van der Waals surface area contributed by atoms with E-state index >= 15 is 0 Å². The Bertz CT molecular complexity index is 586. The number of benzene rings is 2. The molecular formula is C17H18O2. The Balaban J connectivity index is 2.40. The van der Waals surface area contributed by atoms with Crippen LogP contribution in [0.2, 0.25) is 0 Å². The molecule has 0 saturated carbocycles. The smallest absolute Gasteiger partial charge is 0.169 e. The van der Waals surface area contributed by atoms with Crippen molar-refractivity contribution in [2.45, 2.75) is 13.8 Å². The molecule has 2 aromatic rings. The lowest BCUT2D eigenvalue weighted by Crippen LogP contribution is -1.93. The Morgan fingerprint density at radius 1 is 0.947 bits per heavy atom. The fraction of sp³-hybridized carbons (Fsp3) is 0.176. The van der Waals surface area contributed by atoms with Gasteiger partial charge in [-0.2, -0.15) is 0 Å². The van der Waals surface area contributed by atoms with E-state index in [0.717, 1.165) is 28.4 Å². The van der Waals surface area contributed by atoms with Crippen LogP contribution in [0.25, 0.3) is 6.08 Å². The minimum Gasteiger partial charge on any atom is -0.492 e. The first-order chi connectivity index (χ1) is 9.26. The zero-order valence-electron chi connectivity index (χ0n) is 11.5. The predicted octanol–water partition coefficient (Wildman–Crippen LogP) is 4.83. The molecule has 0 spiro atoms. The van der Waals surface area contributed by atoms with Crippen LogP contribution in [0.1, 0.15) is 18.1 Å². The molecule has 2 rings (SSSR count). The zero-order chi connectivity index (χ0) is 13.7. The van der Waals surface area contributed by atoms with Crippen molar-refractivity contribution in [3.05, 3.63) is 59.7 Å². The number of methoxy groups -OCH3 is 1. The number of para-hydroxylation sites is 2. The van der Waals surface area contributed by atoms with Crippen molar-refractivity contribution >= 4 is 6.08 Å². The first-order valence-corrected chi connectivity index (χ1v) is 6.29. The molecule has 2 aromatic carbocycles. The van der Waals surface area contributed by atoms with Gasteiger partial charge in [-0.25, -0.2) is 0 Å². The Morgan fingerprint density at radius 3 is 2.37 bits per heavy atom. The maximum absolute atomic E-state index is 5.96. The number of ether oxygens (including phenoxy) is 2. The lowest BCUT2D eigenvalue weighted by Gasteiger charge is -2.13. The second-order valence-corrected chi connectivity index (χ2v) is 4.25. The molecule has 2 nitrogen and oxygen atoms in total. The van der Waals surface area contributed by atoms with Crippen LogP contribution in [0.15, 0.2) is 48.5 Å². The van der Waals surface area contributed by atoms with E-state index in [1.807, 2.05) is 68.5 Å². The average molecular weight is 254 g/mol. The van der Waals surface area contributed by atoms with Crippen molar-refractivity contribution in [2.24, 2.45) is 0 Å². The van der Waals surface area contributed by atoms with E-state index in [9.17, 15) is 0 Å². The third kappa shape index (κ3) is 2.97. The van der Waals surface area contributed by atoms with Gasteiger partial charge in [0.15, 0.2) is 11.5 Å². The standard InChI is InChI=1S/C17H18O2/c1-4-8-14-10-7-12-16(17(14)18-3)19-15-11-6-5-9-13(15)2/h4-12H,1-3H3. The van der Waals surface area contributed by atoms with E-state index in [2.05, 4.69) is 0 Å². The zero-order valence-corrected chi connectivity index (χ0v) is 11.5. The molecule has 0 heterocycles. The second kappa shape index (κ2) is 6.10. The summed E-state index contributed by atoms with van der Waals surface area (Å²) < 4.78 is 11.4. The highest BCUT2D eigenvalue weighted by Gasteiger charge is 2.10. The van der Waals surface area contributed by atoms with E-state index in [0.29, 0.717) is 0 Å². The summed E-state index contributed by atoms with van der Waals surface area (Å²) in [5.41, 5.74) is 2.11. The minimum atomic E-state index is 0.729. The lowest BCUT2D eigenvalue weighted by atomic mass is 10.1. The van der Waals surface area contributed by atoms with Gasteiger partial charge in [0, 0.05) is 5.56 Å². The maximum Gasteiger partial charge on any atom is 0.169 e. The topological polar surface area (TPSA) is 18.5 Å². The Labute approximate surface area is 114 Å². The van der Waals surface area contributed by atoms with Gasteiger partial charge < -0.3 is 9.47 Å². The van der Waals surface area contributed by atoms with Crippen molar-refractivity contribution in [3.8, 4) is 17.2 Å². The number of hydrogen-bond acceptors (Lipinski definition) is 2. The van der Waals surface area contributed by atoms with Crippen LogP contribution in [0.4, 0.5) is 0 Å². The van der Waals surface area contributed by atoms with Gasteiger partial charge >= 0.3 is 0 Å². The highest BCUT2D eigenvalue weighted by atomic mass is 16.5. The number of allylic oxidation sites excluding steroid dienone is 1. The predicted molar refractivity (Wildman–Crippen MR) is 79.0 cm³/mol. The quantitative estimate of drug-likeness (QED) is 0.778. The molecule has 0 amide bonds. The van der Waals surface area contributed by atoms with Gasteiger partial charge in [0.2, 0.25) is 0 Å². The molecule has 0 saturated heterocycles. The maximum atomic E-state index is 5.96. The molecule has 0 aliphatic heterocycles. The van der Waals surface area contributed by atoms with Gasteiger partial charge in [-0.05, 0) is 31.5 Å². The lowest BCUT2D eigenvalue weighted by molar-refractivity contribution is 0.377. The van der Waals surface area contributed by atoms with Crippen LogP contribution in [-0.2, 0) is 0 Å². The monoisotopic (exact) mass is 254 g/mol. The van der Waals surface area contributed by atoms with Gasteiger partial charge in [-0.1, -0.05) is 42.5 Å². The van der Waals surface area contributed by atoms with E-state index in [1.165, 1.54) is 0 Å². The molecule has 0 aromatic heterocycles. The molecule has 0 atom stereocenters. The fourth-order valence-corrected chi connectivity index (χ4v) is 1.93. The summed E-state index contributed by atoms with van der Waals surface area (Å²) >= 11 is 0. The first kappa shape index (κ1) is 13.2. The van der Waals surface area contributed by atoms with Crippen LogP contribution in [0.3, 0.4) is 0 Å². The number of aryl methyl sites for hydroxylation is 1. The number of hydrogen-bond donors (Lipinski definition) is 0. The molecule has 98 valence electrons. The SMILES string of the molecule is CC=Cc1cccc(Oc2ccccc2C)c1OC. The Morgan fingerprint density at radius 2 is 1.68 bits per heavy atom. The molecule has 19 heavy (non-hydrogen) atoms. The molecule has 0 fully saturated rings. The first-order valence-electron chi connectivity index (χ1n) is 6.29. The summed E-state index contributed by atoms with van der Waals surface area (Å²) in [5.74, 6) is 2.33. The van der Waals surface area contributed by atoms with Crippen molar-refractivity contribution in [1.29, 1.82) is 0 Å². The third-order valence-corrected chi connectivity index (χ3v) is 2.87. The fourth-order valence-electron chi connectivity index (χ4n) is 1.93. The van der Waals surface area contributed by atoms with E-state index < -0.39 is 0 Å². The van der Waals surface area contributed by atoms with Gasteiger partial charge in [-0.15, -0.1) is 0 Å². The van der Waals surface area contributed by atoms with Crippen LogP contribution in [0, 0.1) is 6.92 Å². The molecule has 0 aliphatic carbocycles. The van der Waals surface area contributed by atoms with Gasteiger partial charge in [0.1, 0.15) is 5.75 Å². The van der Waals surface area contributed by atoms with Gasteiger partial charge in [-0.3, -0.25) is 0 Å². The summed E-state index contributed by atoms with van der Waals surface area (Å²) in [6.07, 6.45) is 3.99. The minimum absolute atomic E-state index is 0.729. The van der Waals surface area contributed by atoms with Crippen LogP contribution >= 0.6 is 0 Å². The largest absolute Gasteiger partial charge is 0.492 e. The van der Waals surface area contributed by atoms with E-state index in [4.69, 9.17) is 9.47 Å². The summed E-state index contributed by atoms with van der Waals surface area (Å²) in [6, 6.07) is 13.8. The Hall–Kier alpha value is -2.22. The highest BCUT2D eigenvalue weighted by molar-refractivity contribution is 5.62. The summed E-state index contributed by atoms with van der Waals surface area (Å²) in [6.45, 7) is 4.01. The van der Waals surface area contributed by atoms with Crippen molar-refractivity contribution in [2.75, 3.05) is 7.11 Å². The molecule has 0 N–H and O–H groups in total. The third-order valence-electron chi connectivity index (χ3n) is 2.87. The number of rotatable bonds is 4. The van der Waals surface area contributed by atoms with Gasteiger partial charge in [0.05, 0.1) is 7.11 Å². The molecule has 0 radical (unpaired) electrons. The summed E-state index contributed by atoms with van der Waals surface area (Å²) in [4.78, 5) is 0. The second-order valence-electron chi connectivity index (χ2n) is 4.25.